The summed E-state index contributed by atoms with van der Waals surface area (Å²) in [6.45, 7) is 2.73. The van der Waals surface area contributed by atoms with E-state index in [4.69, 9.17) is 14.6 Å². The zero-order valence-corrected chi connectivity index (χ0v) is 13.6. The second kappa shape index (κ2) is 9.62. The zero-order valence-electron chi connectivity index (χ0n) is 13.6. The van der Waals surface area contributed by atoms with Crippen molar-refractivity contribution < 1.29 is 24.2 Å². The molecule has 2 amide bonds. The van der Waals surface area contributed by atoms with Crippen LogP contribution in [0.25, 0.3) is 0 Å². The normalized spacial score (nSPS) is 11.6. The zero-order chi connectivity index (χ0) is 17.2. The van der Waals surface area contributed by atoms with Gasteiger partial charge in [-0.1, -0.05) is 13.0 Å². The van der Waals surface area contributed by atoms with Crippen molar-refractivity contribution in [3.63, 3.8) is 0 Å². The van der Waals surface area contributed by atoms with E-state index in [1.165, 1.54) is 4.90 Å². The van der Waals surface area contributed by atoms with Crippen molar-refractivity contribution in [3.05, 3.63) is 23.9 Å². The van der Waals surface area contributed by atoms with E-state index in [9.17, 15) is 9.59 Å². The van der Waals surface area contributed by atoms with Crippen LogP contribution in [-0.2, 0) is 16.1 Å². The molecule has 1 aromatic rings. The van der Waals surface area contributed by atoms with E-state index in [0.717, 1.165) is 5.56 Å². The first-order chi connectivity index (χ1) is 11.0. The van der Waals surface area contributed by atoms with E-state index in [2.05, 4.69) is 10.3 Å². The van der Waals surface area contributed by atoms with Gasteiger partial charge in [0.15, 0.2) is 0 Å². The first-order valence-electron chi connectivity index (χ1n) is 7.23. The Morgan fingerprint density at radius 3 is 2.83 bits per heavy atom. The summed E-state index contributed by atoms with van der Waals surface area (Å²) >= 11 is 0. The van der Waals surface area contributed by atoms with Gasteiger partial charge in [-0.15, -0.1) is 0 Å². The van der Waals surface area contributed by atoms with Crippen molar-refractivity contribution in [2.75, 3.05) is 33.9 Å². The number of carboxylic acid groups (broad SMARTS) is 1. The number of urea groups is 1. The highest BCUT2D eigenvalue weighted by Gasteiger charge is 2.17. The van der Waals surface area contributed by atoms with Gasteiger partial charge in [0.05, 0.1) is 12.5 Å². The van der Waals surface area contributed by atoms with Gasteiger partial charge in [0.2, 0.25) is 5.88 Å². The van der Waals surface area contributed by atoms with Gasteiger partial charge in [0.25, 0.3) is 0 Å². The first kappa shape index (κ1) is 18.7. The summed E-state index contributed by atoms with van der Waals surface area (Å²) in [7, 11) is 3.13. The van der Waals surface area contributed by atoms with Gasteiger partial charge < -0.3 is 24.8 Å². The summed E-state index contributed by atoms with van der Waals surface area (Å²) in [6, 6.07) is 3.20. The maximum atomic E-state index is 12.0. The molecule has 0 radical (unpaired) electrons. The number of nitrogens with one attached hydrogen (secondary N) is 1. The van der Waals surface area contributed by atoms with Gasteiger partial charge >= 0.3 is 12.0 Å². The molecule has 0 aromatic carbocycles. The third-order valence-corrected chi connectivity index (χ3v) is 3.12. The standard InChI is InChI=1S/C15H23N3O5/c1-11(14(19)20)10-18(2)15(21)17-9-12-5-4-6-16-13(12)23-8-7-22-3/h4-6,11H,7-10H2,1-3H3,(H,17,21)(H,19,20). The summed E-state index contributed by atoms with van der Waals surface area (Å²) in [5.41, 5.74) is 0.733. The molecule has 1 unspecified atom stereocenters. The first-order valence-corrected chi connectivity index (χ1v) is 7.23. The van der Waals surface area contributed by atoms with Crippen molar-refractivity contribution in [1.29, 1.82) is 0 Å². The summed E-state index contributed by atoms with van der Waals surface area (Å²) in [4.78, 5) is 28.3. The highest BCUT2D eigenvalue weighted by molar-refractivity contribution is 5.75. The molecule has 8 heteroatoms. The van der Waals surface area contributed by atoms with E-state index >= 15 is 0 Å². The maximum absolute atomic E-state index is 12.0. The summed E-state index contributed by atoms with van der Waals surface area (Å²) < 4.78 is 10.4. The molecule has 0 saturated carbocycles. The van der Waals surface area contributed by atoms with Crippen LogP contribution in [0.2, 0.25) is 0 Å². The topological polar surface area (TPSA) is 101 Å². The molecule has 2 N–H and O–H groups in total. The van der Waals surface area contributed by atoms with Gasteiger partial charge in [-0.2, -0.15) is 0 Å². The fourth-order valence-electron chi connectivity index (χ4n) is 1.79. The third-order valence-electron chi connectivity index (χ3n) is 3.12. The Balaban J connectivity index is 2.53. The highest BCUT2D eigenvalue weighted by atomic mass is 16.5. The molecule has 0 aliphatic rings. The highest BCUT2D eigenvalue weighted by Crippen LogP contribution is 2.14. The van der Waals surface area contributed by atoms with Gasteiger partial charge in [0.1, 0.15) is 6.61 Å². The molecular formula is C15H23N3O5. The number of aliphatic carboxylic acids is 1. The quantitative estimate of drug-likeness (QED) is 0.656. The van der Waals surface area contributed by atoms with Gasteiger partial charge in [-0.25, -0.2) is 9.78 Å². The summed E-state index contributed by atoms with van der Waals surface area (Å²) in [5.74, 6) is -1.13. The van der Waals surface area contributed by atoms with Crippen molar-refractivity contribution in [2.24, 2.45) is 5.92 Å². The van der Waals surface area contributed by atoms with Crippen molar-refractivity contribution in [1.82, 2.24) is 15.2 Å². The molecular weight excluding hydrogens is 302 g/mol. The molecule has 1 atom stereocenters. The summed E-state index contributed by atoms with van der Waals surface area (Å²) in [5, 5.41) is 11.6. The monoisotopic (exact) mass is 325 g/mol. The molecule has 1 heterocycles. The van der Waals surface area contributed by atoms with E-state index in [1.807, 2.05) is 0 Å². The van der Waals surface area contributed by atoms with Crippen LogP contribution >= 0.6 is 0 Å². The molecule has 0 saturated heterocycles. The van der Waals surface area contributed by atoms with E-state index < -0.39 is 11.9 Å². The number of carbonyl (C=O) groups is 2. The Morgan fingerprint density at radius 1 is 1.43 bits per heavy atom. The van der Waals surface area contributed by atoms with E-state index in [1.54, 1.807) is 39.4 Å². The third kappa shape index (κ3) is 6.52. The molecule has 23 heavy (non-hydrogen) atoms. The van der Waals surface area contributed by atoms with Gasteiger partial charge in [-0.3, -0.25) is 4.79 Å². The van der Waals surface area contributed by atoms with Crippen LogP contribution in [-0.4, -0.2) is 60.9 Å². The number of nitrogens with zero attached hydrogens (tertiary/aromatic N) is 2. The van der Waals surface area contributed by atoms with Gasteiger partial charge in [0, 0.05) is 39.0 Å². The molecule has 0 spiro atoms. The number of hydrogen-bond donors (Lipinski definition) is 2. The van der Waals surface area contributed by atoms with Crippen LogP contribution < -0.4 is 10.1 Å². The predicted molar refractivity (Wildman–Crippen MR) is 83.3 cm³/mol. The molecule has 0 aliphatic heterocycles. The van der Waals surface area contributed by atoms with E-state index in [0.29, 0.717) is 19.1 Å². The average molecular weight is 325 g/mol. The largest absolute Gasteiger partial charge is 0.481 e. The molecule has 0 bridgehead atoms. The number of ether oxygens (including phenoxy) is 2. The van der Waals surface area contributed by atoms with Gasteiger partial charge in [-0.05, 0) is 6.07 Å². The number of hydrogen-bond acceptors (Lipinski definition) is 5. The Kier molecular flexibility index (Phi) is 7.82. The van der Waals surface area contributed by atoms with Crippen LogP contribution in [0, 0.1) is 5.92 Å². The SMILES string of the molecule is COCCOc1ncccc1CNC(=O)N(C)CC(C)C(=O)O. The van der Waals surface area contributed by atoms with E-state index in [-0.39, 0.29) is 19.1 Å². The number of methoxy groups -OCH3 is 1. The molecule has 1 aromatic heterocycles. The minimum absolute atomic E-state index is 0.130. The van der Waals surface area contributed by atoms with Crippen molar-refractivity contribution >= 4 is 12.0 Å². The lowest BCUT2D eigenvalue weighted by molar-refractivity contribution is -0.141. The van der Waals surface area contributed by atoms with Crippen LogP contribution in [0.4, 0.5) is 4.79 Å². The predicted octanol–water partition coefficient (Wildman–Crippen LogP) is 0.969. The minimum Gasteiger partial charge on any atom is -0.481 e. The maximum Gasteiger partial charge on any atom is 0.317 e. The molecule has 128 valence electrons. The van der Waals surface area contributed by atoms with Crippen molar-refractivity contribution in [2.45, 2.75) is 13.5 Å². The number of carbonyl (C=O) groups excluding carboxylic acids is 1. The Bertz CT molecular complexity index is 524. The number of rotatable bonds is 9. The number of pyridine rings is 1. The molecule has 0 fully saturated rings. The lowest BCUT2D eigenvalue weighted by Gasteiger charge is -2.20. The van der Waals surface area contributed by atoms with Crippen LogP contribution in [0.15, 0.2) is 18.3 Å². The Morgan fingerprint density at radius 2 is 2.17 bits per heavy atom. The lowest BCUT2D eigenvalue weighted by atomic mass is 10.2. The Labute approximate surface area is 135 Å². The fourth-order valence-corrected chi connectivity index (χ4v) is 1.79. The van der Waals surface area contributed by atoms with Crippen molar-refractivity contribution in [3.8, 4) is 5.88 Å². The van der Waals surface area contributed by atoms with Crippen LogP contribution in [0.1, 0.15) is 12.5 Å². The van der Waals surface area contributed by atoms with Crippen LogP contribution in [0.3, 0.4) is 0 Å². The number of carboxylic acids is 1. The number of aromatic nitrogens is 1. The fraction of sp³-hybridized carbons (Fsp3) is 0.533. The second-order valence-corrected chi connectivity index (χ2v) is 5.09. The Hall–Kier alpha value is -2.35. The minimum atomic E-state index is -0.939. The lowest BCUT2D eigenvalue weighted by Crippen LogP contribution is -2.40. The molecule has 0 aliphatic carbocycles. The summed E-state index contributed by atoms with van der Waals surface area (Å²) in [6.07, 6.45) is 1.61. The van der Waals surface area contributed by atoms with Crippen LogP contribution in [0.5, 0.6) is 5.88 Å². The molecule has 1 rings (SSSR count). The second-order valence-electron chi connectivity index (χ2n) is 5.09. The molecule has 8 nitrogen and oxygen atoms in total. The smallest absolute Gasteiger partial charge is 0.317 e. The average Bonchev–Trinajstić information content (AvgIpc) is 2.53. The number of amides is 2.